The maximum absolute atomic E-state index is 12.9. The average Bonchev–Trinajstić information content (AvgIpc) is 3.10. The Labute approximate surface area is 181 Å². The number of hydrogen-bond acceptors (Lipinski definition) is 4. The highest BCUT2D eigenvalue weighted by molar-refractivity contribution is 5.80. The standard InChI is InChI=1S/C22H23F3N4O3/c1-3-32-21(31)28-10-8-14(9-11-28)17-12-18(30)29-20(26-17)19(13(2)27-29)15-4-6-16(7-5-15)22(23,24)25/h4-7,12,14,27H,3,8-11H2,1-2H3. The van der Waals surface area contributed by atoms with Gasteiger partial charge < -0.3 is 9.64 Å². The van der Waals surface area contributed by atoms with E-state index in [9.17, 15) is 22.8 Å². The van der Waals surface area contributed by atoms with Crippen LogP contribution in [-0.4, -0.2) is 45.3 Å². The van der Waals surface area contributed by atoms with E-state index in [4.69, 9.17) is 9.72 Å². The number of carbonyl (C=O) groups excluding carboxylic acids is 1. The summed E-state index contributed by atoms with van der Waals surface area (Å²) >= 11 is 0. The molecule has 0 saturated carbocycles. The molecular formula is C22H23F3N4O3. The molecule has 1 aromatic carbocycles. The number of aryl methyl sites for hydroxylation is 1. The van der Waals surface area contributed by atoms with Crippen molar-refractivity contribution in [1.29, 1.82) is 0 Å². The number of H-pyrrole nitrogens is 1. The molecule has 0 atom stereocenters. The van der Waals surface area contributed by atoms with Gasteiger partial charge in [0, 0.05) is 36.3 Å². The Bertz CT molecular complexity index is 1190. The van der Waals surface area contributed by atoms with Gasteiger partial charge in [0.2, 0.25) is 0 Å². The maximum Gasteiger partial charge on any atom is 0.416 e. The van der Waals surface area contributed by atoms with E-state index in [0.717, 1.165) is 12.1 Å². The van der Waals surface area contributed by atoms with E-state index < -0.39 is 11.7 Å². The molecule has 3 heterocycles. The van der Waals surface area contributed by atoms with Gasteiger partial charge in [-0.25, -0.2) is 14.3 Å². The Balaban J connectivity index is 1.67. The summed E-state index contributed by atoms with van der Waals surface area (Å²) in [5, 5.41) is 2.95. The number of halogens is 3. The Morgan fingerprint density at radius 1 is 1.22 bits per heavy atom. The zero-order valence-electron chi connectivity index (χ0n) is 17.7. The van der Waals surface area contributed by atoms with Gasteiger partial charge in [-0.15, -0.1) is 0 Å². The number of benzene rings is 1. The summed E-state index contributed by atoms with van der Waals surface area (Å²) in [6, 6.07) is 6.28. The van der Waals surface area contributed by atoms with Gasteiger partial charge in [0.05, 0.1) is 17.9 Å². The largest absolute Gasteiger partial charge is 0.450 e. The number of amides is 1. The van der Waals surface area contributed by atoms with Crippen LogP contribution in [0.1, 0.15) is 42.6 Å². The minimum Gasteiger partial charge on any atom is -0.450 e. The second-order valence-electron chi connectivity index (χ2n) is 7.83. The molecule has 0 radical (unpaired) electrons. The van der Waals surface area contributed by atoms with Crippen LogP contribution in [0, 0.1) is 6.92 Å². The molecule has 1 N–H and O–H groups in total. The van der Waals surface area contributed by atoms with E-state index in [1.165, 1.54) is 22.7 Å². The fourth-order valence-corrected chi connectivity index (χ4v) is 4.12. The Hall–Kier alpha value is -3.30. The first-order chi connectivity index (χ1) is 15.2. The molecule has 4 rings (SSSR count). The van der Waals surface area contributed by atoms with Crippen LogP contribution in [0.15, 0.2) is 35.1 Å². The third kappa shape index (κ3) is 4.09. The number of carbonyl (C=O) groups is 1. The quantitative estimate of drug-likeness (QED) is 0.646. The lowest BCUT2D eigenvalue weighted by Gasteiger charge is -2.30. The molecule has 1 aliphatic heterocycles. The molecule has 170 valence electrons. The monoisotopic (exact) mass is 448 g/mol. The third-order valence-corrected chi connectivity index (χ3v) is 5.76. The van der Waals surface area contributed by atoms with Crippen molar-refractivity contribution in [3.63, 3.8) is 0 Å². The zero-order valence-corrected chi connectivity index (χ0v) is 17.7. The molecule has 0 bridgehead atoms. The van der Waals surface area contributed by atoms with Crippen LogP contribution in [0.25, 0.3) is 16.8 Å². The molecule has 1 amide bonds. The van der Waals surface area contributed by atoms with Crippen molar-refractivity contribution in [2.75, 3.05) is 19.7 Å². The van der Waals surface area contributed by atoms with Gasteiger partial charge in [0.1, 0.15) is 0 Å². The number of hydrogen-bond donors (Lipinski definition) is 1. The van der Waals surface area contributed by atoms with Crippen LogP contribution in [0.3, 0.4) is 0 Å². The molecule has 1 fully saturated rings. The second-order valence-corrected chi connectivity index (χ2v) is 7.83. The number of aromatic amines is 1. The summed E-state index contributed by atoms with van der Waals surface area (Å²) < 4.78 is 45.1. The van der Waals surface area contributed by atoms with Gasteiger partial charge in [0.25, 0.3) is 5.56 Å². The van der Waals surface area contributed by atoms with Crippen LogP contribution in [0.4, 0.5) is 18.0 Å². The van der Waals surface area contributed by atoms with Gasteiger partial charge in [-0.2, -0.15) is 13.2 Å². The number of aromatic nitrogens is 3. The number of likely N-dealkylation sites (tertiary alicyclic amines) is 1. The van der Waals surface area contributed by atoms with Crippen molar-refractivity contribution in [1.82, 2.24) is 19.5 Å². The fourth-order valence-electron chi connectivity index (χ4n) is 4.12. The molecule has 10 heteroatoms. The minimum absolute atomic E-state index is 0.00552. The van der Waals surface area contributed by atoms with E-state index in [0.29, 0.717) is 60.7 Å². The fraction of sp³-hybridized carbons (Fsp3) is 0.409. The highest BCUT2D eigenvalue weighted by Gasteiger charge is 2.30. The lowest BCUT2D eigenvalue weighted by atomic mass is 9.93. The first kappa shape index (κ1) is 21.9. The van der Waals surface area contributed by atoms with Crippen LogP contribution in [0.2, 0.25) is 0 Å². The lowest BCUT2D eigenvalue weighted by Crippen LogP contribution is -2.38. The zero-order chi connectivity index (χ0) is 23.0. The van der Waals surface area contributed by atoms with Gasteiger partial charge in [0.15, 0.2) is 5.65 Å². The summed E-state index contributed by atoms with van der Waals surface area (Å²) in [4.78, 5) is 31.0. The van der Waals surface area contributed by atoms with Crippen molar-refractivity contribution in [2.45, 2.75) is 38.8 Å². The summed E-state index contributed by atoms with van der Waals surface area (Å²) in [5.74, 6) is -0.00552. The number of fused-ring (bicyclic) bond motifs is 1. The van der Waals surface area contributed by atoms with Crippen molar-refractivity contribution >= 4 is 11.7 Å². The molecule has 0 unspecified atom stereocenters. The Kier molecular flexibility index (Phi) is 5.70. The van der Waals surface area contributed by atoms with Crippen molar-refractivity contribution in [3.05, 3.63) is 57.6 Å². The summed E-state index contributed by atoms with van der Waals surface area (Å²) in [6.45, 7) is 4.82. The van der Waals surface area contributed by atoms with Gasteiger partial charge >= 0.3 is 12.3 Å². The highest BCUT2D eigenvalue weighted by Crippen LogP contribution is 2.33. The molecule has 1 saturated heterocycles. The molecular weight excluding hydrogens is 425 g/mol. The van der Waals surface area contributed by atoms with Crippen LogP contribution < -0.4 is 5.56 Å². The normalized spacial score (nSPS) is 15.3. The second kappa shape index (κ2) is 8.33. The molecule has 7 nitrogen and oxygen atoms in total. The molecule has 3 aromatic rings. The highest BCUT2D eigenvalue weighted by atomic mass is 19.4. The number of piperidine rings is 1. The molecule has 0 spiro atoms. The molecule has 32 heavy (non-hydrogen) atoms. The predicted octanol–water partition coefficient (Wildman–Crippen LogP) is 4.35. The number of alkyl halides is 3. The lowest BCUT2D eigenvalue weighted by molar-refractivity contribution is -0.137. The number of rotatable bonds is 3. The van der Waals surface area contributed by atoms with E-state index in [1.54, 1.807) is 18.7 Å². The smallest absolute Gasteiger partial charge is 0.416 e. The van der Waals surface area contributed by atoms with Gasteiger partial charge in [-0.05, 0) is 44.4 Å². The van der Waals surface area contributed by atoms with Crippen LogP contribution in [0.5, 0.6) is 0 Å². The number of ether oxygens (including phenoxy) is 1. The van der Waals surface area contributed by atoms with Crippen molar-refractivity contribution < 1.29 is 22.7 Å². The van der Waals surface area contributed by atoms with Crippen LogP contribution >= 0.6 is 0 Å². The first-order valence-electron chi connectivity index (χ1n) is 10.4. The van der Waals surface area contributed by atoms with Crippen molar-refractivity contribution in [2.24, 2.45) is 0 Å². The molecule has 2 aromatic heterocycles. The number of nitrogens with one attached hydrogen (secondary N) is 1. The first-order valence-corrected chi connectivity index (χ1v) is 10.4. The number of nitrogens with zero attached hydrogens (tertiary/aromatic N) is 3. The summed E-state index contributed by atoms with van der Waals surface area (Å²) in [5.41, 5.74) is 1.71. The van der Waals surface area contributed by atoms with Crippen molar-refractivity contribution in [3.8, 4) is 11.1 Å². The van der Waals surface area contributed by atoms with Gasteiger partial charge in [-0.1, -0.05) is 12.1 Å². The molecule has 0 aliphatic carbocycles. The summed E-state index contributed by atoms with van der Waals surface area (Å²) in [6.07, 6.45) is -3.49. The topological polar surface area (TPSA) is 79.7 Å². The predicted molar refractivity (Wildman–Crippen MR) is 112 cm³/mol. The van der Waals surface area contributed by atoms with Gasteiger partial charge in [-0.3, -0.25) is 9.89 Å². The molecule has 1 aliphatic rings. The maximum atomic E-state index is 12.9. The SMILES string of the molecule is CCOC(=O)N1CCC(c2cc(=O)n3[nH]c(C)c(-c4ccc(C(F)(F)F)cc4)c3n2)CC1. The third-order valence-electron chi connectivity index (χ3n) is 5.76. The minimum atomic E-state index is -4.42. The van der Waals surface area contributed by atoms with E-state index in [2.05, 4.69) is 5.10 Å². The Morgan fingerprint density at radius 3 is 2.47 bits per heavy atom. The Morgan fingerprint density at radius 2 is 1.88 bits per heavy atom. The summed E-state index contributed by atoms with van der Waals surface area (Å²) in [7, 11) is 0. The van der Waals surface area contributed by atoms with E-state index in [1.807, 2.05) is 0 Å². The van der Waals surface area contributed by atoms with E-state index >= 15 is 0 Å². The van der Waals surface area contributed by atoms with E-state index in [-0.39, 0.29) is 17.6 Å². The average molecular weight is 448 g/mol. The van der Waals surface area contributed by atoms with Crippen LogP contribution in [-0.2, 0) is 10.9 Å².